The molecule has 30 heavy (non-hydrogen) atoms. The van der Waals surface area contributed by atoms with E-state index in [0.717, 1.165) is 5.57 Å². The van der Waals surface area contributed by atoms with Crippen molar-refractivity contribution < 1.29 is 38.4 Å². The monoisotopic (exact) mass is 418 g/mol. The first kappa shape index (κ1) is 20.8. The van der Waals surface area contributed by atoms with Crippen molar-refractivity contribution in [2.75, 3.05) is 13.2 Å². The van der Waals surface area contributed by atoms with Gasteiger partial charge in [0.05, 0.1) is 18.6 Å². The molecule has 7 atom stereocenters. The molecule has 0 amide bonds. The average molecular weight is 418 g/mol. The van der Waals surface area contributed by atoms with Crippen molar-refractivity contribution in [3.63, 3.8) is 0 Å². The first-order valence-corrected chi connectivity index (χ1v) is 10.1. The molecule has 2 saturated heterocycles. The molecule has 0 bridgehead atoms. The summed E-state index contributed by atoms with van der Waals surface area (Å²) in [5.74, 6) is -2.54. The largest absolute Gasteiger partial charge is 0.462 e. The highest BCUT2D eigenvalue weighted by molar-refractivity contribution is 5.92. The Hall–Kier alpha value is -2.45. The molecule has 162 valence electrons. The zero-order valence-electron chi connectivity index (χ0n) is 17.3. The highest BCUT2D eigenvalue weighted by atomic mass is 16.6. The normalized spacial score (nSPS) is 39.6. The summed E-state index contributed by atoms with van der Waals surface area (Å²) in [6.45, 7) is 9.07. The minimum Gasteiger partial charge on any atom is -0.462 e. The lowest BCUT2D eigenvalue weighted by molar-refractivity contribution is -0.149. The van der Waals surface area contributed by atoms with Crippen LogP contribution in [0, 0.1) is 17.8 Å². The fourth-order valence-corrected chi connectivity index (χ4v) is 5.14. The number of aliphatic hydroxyl groups excluding tert-OH is 1. The molecule has 3 fully saturated rings. The zero-order chi connectivity index (χ0) is 21.8. The quantitative estimate of drug-likeness (QED) is 0.239. The van der Waals surface area contributed by atoms with E-state index in [1.54, 1.807) is 13.0 Å². The number of hydrogen-bond acceptors (Lipinski definition) is 8. The molecular weight excluding hydrogens is 392 g/mol. The van der Waals surface area contributed by atoms with Gasteiger partial charge in [-0.25, -0.2) is 9.59 Å². The van der Waals surface area contributed by atoms with Gasteiger partial charge in [0.1, 0.15) is 24.4 Å². The van der Waals surface area contributed by atoms with Crippen molar-refractivity contribution in [2.45, 2.75) is 51.1 Å². The van der Waals surface area contributed by atoms with Gasteiger partial charge in [-0.05, 0) is 19.9 Å². The van der Waals surface area contributed by atoms with Crippen LogP contribution in [0.3, 0.4) is 0 Å². The molecule has 0 aromatic heterocycles. The maximum absolute atomic E-state index is 12.7. The van der Waals surface area contributed by atoms with Crippen molar-refractivity contribution in [3.05, 3.63) is 35.5 Å². The summed E-state index contributed by atoms with van der Waals surface area (Å²) in [5, 5.41) is 10.7. The van der Waals surface area contributed by atoms with Crippen molar-refractivity contribution in [1.29, 1.82) is 0 Å². The number of carbonyl (C=O) groups excluding carboxylic acids is 3. The van der Waals surface area contributed by atoms with Crippen molar-refractivity contribution in [2.24, 2.45) is 17.8 Å². The van der Waals surface area contributed by atoms with E-state index in [2.05, 4.69) is 6.58 Å². The molecule has 4 rings (SSSR count). The van der Waals surface area contributed by atoms with Crippen LogP contribution in [-0.2, 0) is 33.3 Å². The second kappa shape index (κ2) is 7.35. The Kier molecular flexibility index (Phi) is 5.10. The van der Waals surface area contributed by atoms with E-state index in [0.29, 0.717) is 13.0 Å². The Morgan fingerprint density at radius 3 is 2.70 bits per heavy atom. The van der Waals surface area contributed by atoms with Crippen molar-refractivity contribution >= 4 is 17.9 Å². The number of carbonyl (C=O) groups is 3. The molecule has 0 aromatic carbocycles. The summed E-state index contributed by atoms with van der Waals surface area (Å²) < 4.78 is 22.1. The predicted octanol–water partition coefficient (Wildman–Crippen LogP) is 1.23. The molecule has 1 saturated carbocycles. The molecule has 8 nitrogen and oxygen atoms in total. The number of epoxide rings is 1. The molecule has 0 unspecified atom stereocenters. The fourth-order valence-electron chi connectivity index (χ4n) is 5.14. The standard InChI is InChI=1S/C22H26O8/c1-10(5-6-27-13(4)23)20(25)29-15-8-22(9-28-22)18-14(24)7-11(2)16(18)19-17(15)12(3)21(26)30-19/h5,7,14-19,24H,3,6,8-9H2,1-2,4H3/b10-5+/t14-,15-,16+,17-,18-,19-,22+/m0/s1. The van der Waals surface area contributed by atoms with Crippen LogP contribution in [0.1, 0.15) is 27.2 Å². The van der Waals surface area contributed by atoms with Gasteiger partial charge in [-0.15, -0.1) is 0 Å². The summed E-state index contributed by atoms with van der Waals surface area (Å²) in [6, 6.07) is 0. The molecule has 0 aromatic rings. The first-order chi connectivity index (χ1) is 14.1. The molecular formula is C22H26O8. The molecule has 1 spiro atoms. The Morgan fingerprint density at radius 1 is 1.37 bits per heavy atom. The number of fused-ring (bicyclic) bond motifs is 4. The van der Waals surface area contributed by atoms with Crippen LogP contribution in [-0.4, -0.2) is 60.1 Å². The molecule has 2 aliphatic carbocycles. The first-order valence-electron chi connectivity index (χ1n) is 10.1. The highest BCUT2D eigenvalue weighted by Gasteiger charge is 2.67. The molecule has 2 aliphatic heterocycles. The molecule has 1 N–H and O–H groups in total. The van der Waals surface area contributed by atoms with Gasteiger partial charge in [0, 0.05) is 36.3 Å². The second-order valence-electron chi connectivity index (χ2n) is 8.56. The smallest absolute Gasteiger partial charge is 0.334 e. The van der Waals surface area contributed by atoms with E-state index < -0.39 is 47.7 Å². The third-order valence-electron chi connectivity index (χ3n) is 6.66. The number of aliphatic hydroxyl groups is 1. The van der Waals surface area contributed by atoms with Gasteiger partial charge >= 0.3 is 17.9 Å². The van der Waals surface area contributed by atoms with Gasteiger partial charge < -0.3 is 24.1 Å². The maximum Gasteiger partial charge on any atom is 0.334 e. The third-order valence-corrected chi connectivity index (χ3v) is 6.66. The van der Waals surface area contributed by atoms with Crippen LogP contribution < -0.4 is 0 Å². The van der Waals surface area contributed by atoms with Gasteiger partial charge in [0.25, 0.3) is 0 Å². The average Bonchev–Trinajstić information content (AvgIpc) is 3.30. The molecule has 4 aliphatic rings. The summed E-state index contributed by atoms with van der Waals surface area (Å²) in [5.41, 5.74) is 0.861. The Labute approximate surface area is 174 Å². The lowest BCUT2D eigenvalue weighted by Crippen LogP contribution is -2.39. The number of esters is 3. The van der Waals surface area contributed by atoms with Crippen molar-refractivity contribution in [1.82, 2.24) is 0 Å². The number of ether oxygens (including phenoxy) is 4. The van der Waals surface area contributed by atoms with Gasteiger partial charge in [0.15, 0.2) is 0 Å². The second-order valence-corrected chi connectivity index (χ2v) is 8.56. The summed E-state index contributed by atoms with van der Waals surface area (Å²) in [4.78, 5) is 35.9. The number of hydrogen-bond donors (Lipinski definition) is 1. The zero-order valence-corrected chi connectivity index (χ0v) is 17.3. The van der Waals surface area contributed by atoms with Crippen LogP contribution >= 0.6 is 0 Å². The lowest BCUT2D eigenvalue weighted by atomic mass is 9.77. The van der Waals surface area contributed by atoms with E-state index in [-0.39, 0.29) is 29.6 Å². The van der Waals surface area contributed by atoms with Gasteiger partial charge in [-0.2, -0.15) is 0 Å². The molecule has 2 heterocycles. The van der Waals surface area contributed by atoms with Gasteiger partial charge in [0.2, 0.25) is 0 Å². The van der Waals surface area contributed by atoms with E-state index in [4.69, 9.17) is 18.9 Å². The van der Waals surface area contributed by atoms with Crippen LogP contribution in [0.4, 0.5) is 0 Å². The van der Waals surface area contributed by atoms with E-state index in [9.17, 15) is 19.5 Å². The third kappa shape index (κ3) is 3.37. The maximum atomic E-state index is 12.7. The summed E-state index contributed by atoms with van der Waals surface area (Å²) in [7, 11) is 0. The van der Waals surface area contributed by atoms with Crippen LogP contribution in [0.5, 0.6) is 0 Å². The lowest BCUT2D eigenvalue weighted by Gasteiger charge is -2.30. The summed E-state index contributed by atoms with van der Waals surface area (Å²) in [6.07, 6.45) is 1.62. The highest BCUT2D eigenvalue weighted by Crippen LogP contribution is 2.58. The van der Waals surface area contributed by atoms with Gasteiger partial charge in [-0.3, -0.25) is 4.79 Å². The predicted molar refractivity (Wildman–Crippen MR) is 103 cm³/mol. The minimum atomic E-state index is -0.717. The van der Waals surface area contributed by atoms with Crippen LogP contribution in [0.2, 0.25) is 0 Å². The van der Waals surface area contributed by atoms with Crippen LogP contribution in [0.15, 0.2) is 35.5 Å². The SMILES string of the molecule is C=C1C(=O)O[C@@H]2[C@@H]1[C@@H](OC(=O)/C(C)=C/COC(C)=O)C[C@@]1(CO1)[C@@H]1[C@H]2C(C)=C[C@@H]1O. The van der Waals surface area contributed by atoms with E-state index >= 15 is 0 Å². The molecule has 0 radical (unpaired) electrons. The topological polar surface area (TPSA) is 112 Å². The Bertz CT molecular complexity index is 864. The minimum absolute atomic E-state index is 0.0331. The van der Waals surface area contributed by atoms with Crippen LogP contribution in [0.25, 0.3) is 0 Å². The van der Waals surface area contributed by atoms with E-state index in [1.807, 2.05) is 6.92 Å². The fraction of sp³-hybridized carbons (Fsp3) is 0.591. The summed E-state index contributed by atoms with van der Waals surface area (Å²) >= 11 is 0. The molecule has 8 heteroatoms. The van der Waals surface area contributed by atoms with E-state index in [1.165, 1.54) is 13.0 Å². The van der Waals surface area contributed by atoms with Gasteiger partial charge in [-0.1, -0.05) is 18.2 Å². The Morgan fingerprint density at radius 2 is 2.07 bits per heavy atom. The Balaban J connectivity index is 1.61. The number of rotatable bonds is 4. The van der Waals surface area contributed by atoms with Crippen molar-refractivity contribution in [3.8, 4) is 0 Å².